The lowest BCUT2D eigenvalue weighted by Gasteiger charge is -2.04. The Labute approximate surface area is 121 Å². The van der Waals surface area contributed by atoms with Crippen molar-refractivity contribution < 1.29 is 9.53 Å². The highest BCUT2D eigenvalue weighted by atomic mass is 32.1. The van der Waals surface area contributed by atoms with Crippen molar-refractivity contribution in [2.24, 2.45) is 5.84 Å². The van der Waals surface area contributed by atoms with Gasteiger partial charge < -0.3 is 4.74 Å². The Morgan fingerprint density at radius 2 is 2.10 bits per heavy atom. The van der Waals surface area contributed by atoms with Crippen LogP contribution in [0.15, 0.2) is 24.3 Å². The van der Waals surface area contributed by atoms with Gasteiger partial charge in [0, 0.05) is 0 Å². The van der Waals surface area contributed by atoms with E-state index in [1.165, 1.54) is 16.9 Å². The van der Waals surface area contributed by atoms with E-state index in [9.17, 15) is 4.79 Å². The Morgan fingerprint density at radius 3 is 2.70 bits per heavy atom. The standard InChI is InChI=1S/C14H17N3O2S/c1-3-10-4-6-11(7-5-10)19-8-12-16-9(2)13(20-12)14(18)17-15/h4-7H,3,8,15H2,1-2H3,(H,17,18). The molecule has 1 amide bonds. The van der Waals surface area contributed by atoms with Crippen LogP contribution < -0.4 is 16.0 Å². The molecule has 0 unspecified atom stereocenters. The van der Waals surface area contributed by atoms with Crippen molar-refractivity contribution in [2.45, 2.75) is 26.9 Å². The van der Waals surface area contributed by atoms with Gasteiger partial charge in [-0.05, 0) is 31.0 Å². The molecule has 0 aliphatic heterocycles. The quantitative estimate of drug-likeness (QED) is 0.503. The number of nitrogens with one attached hydrogen (secondary N) is 1. The first-order valence-corrected chi connectivity index (χ1v) is 7.14. The van der Waals surface area contributed by atoms with Gasteiger partial charge in [0.25, 0.3) is 5.91 Å². The van der Waals surface area contributed by atoms with Crippen molar-refractivity contribution in [3.63, 3.8) is 0 Å². The summed E-state index contributed by atoms with van der Waals surface area (Å²) in [6.45, 7) is 4.23. The molecule has 0 saturated carbocycles. The van der Waals surface area contributed by atoms with Gasteiger partial charge in [-0.15, -0.1) is 11.3 Å². The van der Waals surface area contributed by atoms with E-state index in [1.807, 2.05) is 24.3 Å². The van der Waals surface area contributed by atoms with Crippen molar-refractivity contribution >= 4 is 17.2 Å². The maximum Gasteiger partial charge on any atom is 0.277 e. The largest absolute Gasteiger partial charge is 0.486 e. The highest BCUT2D eigenvalue weighted by Crippen LogP contribution is 2.20. The van der Waals surface area contributed by atoms with Crippen molar-refractivity contribution in [2.75, 3.05) is 0 Å². The summed E-state index contributed by atoms with van der Waals surface area (Å²) in [6.07, 6.45) is 1.00. The molecule has 0 atom stereocenters. The minimum atomic E-state index is -0.321. The van der Waals surface area contributed by atoms with E-state index in [1.54, 1.807) is 6.92 Å². The van der Waals surface area contributed by atoms with Crippen molar-refractivity contribution in [3.05, 3.63) is 45.4 Å². The Morgan fingerprint density at radius 1 is 1.40 bits per heavy atom. The normalized spacial score (nSPS) is 10.3. The molecule has 0 aliphatic carbocycles. The molecule has 0 saturated heterocycles. The summed E-state index contributed by atoms with van der Waals surface area (Å²) in [6, 6.07) is 7.95. The zero-order chi connectivity index (χ0) is 14.5. The number of nitrogens with two attached hydrogens (primary N) is 1. The summed E-state index contributed by atoms with van der Waals surface area (Å²) in [5, 5.41) is 0.751. The highest BCUT2D eigenvalue weighted by molar-refractivity contribution is 7.13. The number of rotatable bonds is 5. The van der Waals surface area contributed by atoms with E-state index in [4.69, 9.17) is 10.6 Å². The van der Waals surface area contributed by atoms with Gasteiger partial charge in [-0.25, -0.2) is 10.8 Å². The van der Waals surface area contributed by atoms with Crippen LogP contribution in [0.2, 0.25) is 0 Å². The molecule has 1 aromatic carbocycles. The minimum absolute atomic E-state index is 0.321. The number of thiazole rings is 1. The first-order chi connectivity index (χ1) is 9.63. The van der Waals surface area contributed by atoms with Crippen molar-refractivity contribution in [3.8, 4) is 5.75 Å². The third kappa shape index (κ3) is 3.34. The van der Waals surface area contributed by atoms with Gasteiger partial charge in [0.1, 0.15) is 22.2 Å². The summed E-state index contributed by atoms with van der Waals surface area (Å²) >= 11 is 1.29. The Bertz CT molecular complexity index is 593. The van der Waals surface area contributed by atoms with E-state index in [0.717, 1.165) is 17.2 Å². The van der Waals surface area contributed by atoms with Gasteiger partial charge in [0.05, 0.1) is 5.69 Å². The first kappa shape index (κ1) is 14.5. The molecular formula is C14H17N3O2S. The maximum absolute atomic E-state index is 11.5. The SMILES string of the molecule is CCc1ccc(OCc2nc(C)c(C(=O)NN)s2)cc1. The summed E-state index contributed by atoms with van der Waals surface area (Å²) in [5.74, 6) is 5.59. The minimum Gasteiger partial charge on any atom is -0.486 e. The van der Waals surface area contributed by atoms with E-state index >= 15 is 0 Å². The average Bonchev–Trinajstić information content (AvgIpc) is 2.86. The third-order valence-electron chi connectivity index (χ3n) is 2.87. The molecule has 2 rings (SSSR count). The molecule has 1 heterocycles. The second kappa shape index (κ2) is 6.49. The van der Waals surface area contributed by atoms with Crippen molar-refractivity contribution in [1.29, 1.82) is 0 Å². The smallest absolute Gasteiger partial charge is 0.277 e. The van der Waals surface area contributed by atoms with Crippen LogP contribution in [0.1, 0.15) is 32.9 Å². The lowest BCUT2D eigenvalue weighted by molar-refractivity contribution is 0.0957. The number of amides is 1. The summed E-state index contributed by atoms with van der Waals surface area (Å²) in [7, 11) is 0. The van der Waals surface area contributed by atoms with Gasteiger partial charge in [-0.3, -0.25) is 10.2 Å². The van der Waals surface area contributed by atoms with Crippen LogP contribution in [0, 0.1) is 6.92 Å². The van der Waals surface area contributed by atoms with E-state index < -0.39 is 0 Å². The lowest BCUT2D eigenvalue weighted by atomic mass is 10.2. The molecule has 0 radical (unpaired) electrons. The number of hydrogen-bond donors (Lipinski definition) is 2. The monoisotopic (exact) mass is 291 g/mol. The second-order valence-corrected chi connectivity index (χ2v) is 5.37. The molecule has 3 N–H and O–H groups in total. The topological polar surface area (TPSA) is 77.2 Å². The number of nitrogen functional groups attached to an aromatic ring is 1. The number of benzene rings is 1. The number of hydrazine groups is 1. The van der Waals surface area contributed by atoms with Crippen LogP contribution in [0.25, 0.3) is 0 Å². The predicted octanol–water partition coefficient (Wildman–Crippen LogP) is 2.20. The van der Waals surface area contributed by atoms with Crippen molar-refractivity contribution in [1.82, 2.24) is 10.4 Å². The summed E-state index contributed by atoms with van der Waals surface area (Å²) in [5.41, 5.74) is 4.05. The number of aromatic nitrogens is 1. The van der Waals surface area contributed by atoms with Crippen LogP contribution in [-0.2, 0) is 13.0 Å². The van der Waals surface area contributed by atoms with Gasteiger partial charge in [-0.2, -0.15) is 0 Å². The van der Waals surface area contributed by atoms with Gasteiger partial charge >= 0.3 is 0 Å². The van der Waals surface area contributed by atoms with Crippen LogP contribution >= 0.6 is 11.3 Å². The lowest BCUT2D eigenvalue weighted by Crippen LogP contribution is -2.29. The highest BCUT2D eigenvalue weighted by Gasteiger charge is 2.14. The molecule has 1 aromatic heterocycles. The number of carbonyl (C=O) groups excluding carboxylic acids is 1. The number of ether oxygens (including phenoxy) is 1. The summed E-state index contributed by atoms with van der Waals surface area (Å²) in [4.78, 5) is 16.3. The fourth-order valence-corrected chi connectivity index (χ4v) is 2.64. The first-order valence-electron chi connectivity index (χ1n) is 6.33. The molecule has 6 heteroatoms. The maximum atomic E-state index is 11.5. The second-order valence-electron chi connectivity index (χ2n) is 4.28. The molecule has 20 heavy (non-hydrogen) atoms. The Kier molecular flexibility index (Phi) is 4.70. The van der Waals surface area contributed by atoms with Gasteiger partial charge in [-0.1, -0.05) is 19.1 Å². The fraction of sp³-hybridized carbons (Fsp3) is 0.286. The predicted molar refractivity (Wildman–Crippen MR) is 78.7 cm³/mol. The van der Waals surface area contributed by atoms with E-state index in [2.05, 4.69) is 17.3 Å². The molecular weight excluding hydrogens is 274 g/mol. The molecule has 2 aromatic rings. The average molecular weight is 291 g/mol. The van der Waals surface area contributed by atoms with Gasteiger partial charge in [0.15, 0.2) is 0 Å². The number of nitrogens with zero attached hydrogens (tertiary/aromatic N) is 1. The van der Waals surface area contributed by atoms with Crippen LogP contribution in [0.5, 0.6) is 5.75 Å². The molecule has 106 valence electrons. The van der Waals surface area contributed by atoms with Crippen LogP contribution in [0.3, 0.4) is 0 Å². The molecule has 0 fully saturated rings. The number of aryl methyl sites for hydroxylation is 2. The molecule has 0 bridgehead atoms. The zero-order valence-corrected chi connectivity index (χ0v) is 12.3. The van der Waals surface area contributed by atoms with Gasteiger partial charge in [0.2, 0.25) is 0 Å². The van der Waals surface area contributed by atoms with Crippen LogP contribution in [-0.4, -0.2) is 10.9 Å². The number of carbonyl (C=O) groups is 1. The van der Waals surface area contributed by atoms with Crippen LogP contribution in [0.4, 0.5) is 0 Å². The van der Waals surface area contributed by atoms with E-state index in [0.29, 0.717) is 17.2 Å². The Balaban J connectivity index is 2.01. The third-order valence-corrected chi connectivity index (χ3v) is 4.00. The summed E-state index contributed by atoms with van der Waals surface area (Å²) < 4.78 is 5.66. The molecule has 0 spiro atoms. The molecule has 5 nitrogen and oxygen atoms in total. The zero-order valence-electron chi connectivity index (χ0n) is 11.5. The van der Waals surface area contributed by atoms with E-state index in [-0.39, 0.29) is 5.91 Å². The Hall–Kier alpha value is -1.92. The molecule has 0 aliphatic rings. The number of hydrogen-bond acceptors (Lipinski definition) is 5. The fourth-order valence-electron chi connectivity index (χ4n) is 1.76.